The normalized spacial score (nSPS) is 18.8. The van der Waals surface area contributed by atoms with E-state index in [1.54, 1.807) is 49.2 Å². The predicted molar refractivity (Wildman–Crippen MR) is 115 cm³/mol. The van der Waals surface area contributed by atoms with Crippen molar-refractivity contribution in [3.8, 4) is 5.75 Å². The van der Waals surface area contributed by atoms with Crippen molar-refractivity contribution in [1.29, 1.82) is 0 Å². The van der Waals surface area contributed by atoms with Gasteiger partial charge in [0, 0.05) is 18.0 Å². The van der Waals surface area contributed by atoms with Gasteiger partial charge in [0.1, 0.15) is 0 Å². The van der Waals surface area contributed by atoms with Gasteiger partial charge in [-0.05, 0) is 44.4 Å². The lowest BCUT2D eigenvalue weighted by Crippen LogP contribution is -2.55. The molecular formula is C21H26N4O4S. The maximum atomic E-state index is 13.1. The number of ether oxygens (including phenoxy) is 1. The Labute approximate surface area is 176 Å². The molecular weight excluding hydrogens is 404 g/mol. The van der Waals surface area contributed by atoms with Crippen LogP contribution in [0.2, 0.25) is 0 Å². The Kier molecular flexibility index (Phi) is 5.17. The van der Waals surface area contributed by atoms with E-state index in [4.69, 9.17) is 4.74 Å². The maximum Gasteiger partial charge on any atom is 0.272 e. The Morgan fingerprint density at radius 2 is 1.87 bits per heavy atom. The quantitative estimate of drug-likeness (QED) is 0.777. The van der Waals surface area contributed by atoms with Crippen LogP contribution in [-0.2, 0) is 20.4 Å². The number of carbonyl (C=O) groups is 1. The summed E-state index contributed by atoms with van der Waals surface area (Å²) in [7, 11) is -3.08. The Balaban J connectivity index is 1.60. The first kappa shape index (κ1) is 20.6. The lowest BCUT2D eigenvalue weighted by molar-refractivity contribution is -0.133. The molecule has 1 N–H and O–H groups in total. The fraction of sp³-hybridized carbons (Fsp3) is 0.476. The highest BCUT2D eigenvalue weighted by molar-refractivity contribution is 7.89. The SMILES string of the molecule is CC1(C)Oc2cnc(Nc3ccc(CS(C)(=O)=O)cc3)nc2N(C2CCCC2)C1=O. The first-order chi connectivity index (χ1) is 14.1. The molecule has 4 rings (SSSR count). The van der Waals surface area contributed by atoms with Crippen molar-refractivity contribution in [1.82, 2.24) is 9.97 Å². The molecule has 1 aliphatic heterocycles. The van der Waals surface area contributed by atoms with Gasteiger partial charge in [-0.1, -0.05) is 25.0 Å². The van der Waals surface area contributed by atoms with Gasteiger partial charge in [0.25, 0.3) is 5.91 Å². The number of anilines is 3. The minimum atomic E-state index is -3.08. The van der Waals surface area contributed by atoms with Crippen LogP contribution in [-0.4, -0.2) is 42.2 Å². The first-order valence-corrected chi connectivity index (χ1v) is 12.1. The molecule has 1 saturated carbocycles. The predicted octanol–water partition coefficient (Wildman–Crippen LogP) is 3.21. The number of sulfone groups is 1. The van der Waals surface area contributed by atoms with Gasteiger partial charge in [0.15, 0.2) is 27.0 Å². The van der Waals surface area contributed by atoms with E-state index in [2.05, 4.69) is 15.3 Å². The summed E-state index contributed by atoms with van der Waals surface area (Å²) < 4.78 is 28.8. The molecule has 0 radical (unpaired) electrons. The van der Waals surface area contributed by atoms with Crippen molar-refractivity contribution in [2.24, 2.45) is 0 Å². The van der Waals surface area contributed by atoms with E-state index in [9.17, 15) is 13.2 Å². The van der Waals surface area contributed by atoms with Gasteiger partial charge in [-0.15, -0.1) is 0 Å². The van der Waals surface area contributed by atoms with Gasteiger partial charge in [-0.2, -0.15) is 4.98 Å². The molecule has 1 aromatic heterocycles. The highest BCUT2D eigenvalue weighted by atomic mass is 32.2. The molecule has 1 aliphatic carbocycles. The van der Waals surface area contributed by atoms with Crippen LogP contribution >= 0.6 is 0 Å². The summed E-state index contributed by atoms with van der Waals surface area (Å²) in [4.78, 5) is 23.8. The molecule has 1 amide bonds. The highest BCUT2D eigenvalue weighted by Crippen LogP contribution is 2.40. The van der Waals surface area contributed by atoms with Crippen LogP contribution in [0.25, 0.3) is 0 Å². The average molecular weight is 431 g/mol. The van der Waals surface area contributed by atoms with Gasteiger partial charge in [0.2, 0.25) is 5.95 Å². The lowest BCUT2D eigenvalue weighted by Gasteiger charge is -2.40. The molecule has 160 valence electrons. The highest BCUT2D eigenvalue weighted by Gasteiger charge is 2.45. The van der Waals surface area contributed by atoms with Gasteiger partial charge in [-0.25, -0.2) is 13.4 Å². The summed E-state index contributed by atoms with van der Waals surface area (Å²) in [5.74, 6) is 1.26. The van der Waals surface area contributed by atoms with Crippen molar-refractivity contribution in [3.05, 3.63) is 36.0 Å². The summed E-state index contributed by atoms with van der Waals surface area (Å²) in [6, 6.07) is 7.19. The monoisotopic (exact) mass is 430 g/mol. The molecule has 2 aromatic rings. The largest absolute Gasteiger partial charge is 0.472 e. The van der Waals surface area contributed by atoms with Crippen LogP contribution in [0.15, 0.2) is 30.5 Å². The second-order valence-corrected chi connectivity index (χ2v) is 10.6. The zero-order valence-corrected chi connectivity index (χ0v) is 18.2. The summed E-state index contributed by atoms with van der Waals surface area (Å²) in [5, 5.41) is 3.13. The van der Waals surface area contributed by atoms with E-state index in [-0.39, 0.29) is 17.7 Å². The topological polar surface area (TPSA) is 101 Å². The molecule has 30 heavy (non-hydrogen) atoms. The number of hydrogen-bond donors (Lipinski definition) is 1. The number of fused-ring (bicyclic) bond motifs is 1. The second-order valence-electron chi connectivity index (χ2n) is 8.50. The number of benzene rings is 1. The molecule has 0 unspecified atom stereocenters. The van der Waals surface area contributed by atoms with Crippen molar-refractivity contribution < 1.29 is 17.9 Å². The van der Waals surface area contributed by atoms with E-state index in [0.717, 1.165) is 31.4 Å². The van der Waals surface area contributed by atoms with Gasteiger partial charge in [-0.3, -0.25) is 9.69 Å². The van der Waals surface area contributed by atoms with E-state index in [0.29, 0.717) is 23.1 Å². The zero-order chi connectivity index (χ0) is 21.5. The number of amides is 1. The van der Waals surface area contributed by atoms with E-state index in [1.165, 1.54) is 6.26 Å². The fourth-order valence-corrected chi connectivity index (χ4v) is 4.79. The molecule has 0 bridgehead atoms. The molecule has 2 heterocycles. The van der Waals surface area contributed by atoms with Crippen molar-refractivity contribution >= 4 is 33.2 Å². The number of carbonyl (C=O) groups excluding carboxylic acids is 1. The number of nitrogens with zero attached hydrogens (tertiary/aromatic N) is 3. The molecule has 8 nitrogen and oxygen atoms in total. The molecule has 2 aliphatic rings. The number of hydrogen-bond acceptors (Lipinski definition) is 7. The van der Waals surface area contributed by atoms with Gasteiger partial charge < -0.3 is 10.1 Å². The van der Waals surface area contributed by atoms with E-state index in [1.807, 2.05) is 0 Å². The Morgan fingerprint density at radius 1 is 1.20 bits per heavy atom. The molecule has 0 spiro atoms. The van der Waals surface area contributed by atoms with E-state index < -0.39 is 15.4 Å². The second kappa shape index (κ2) is 7.54. The number of aromatic nitrogens is 2. The molecule has 0 atom stereocenters. The fourth-order valence-electron chi connectivity index (χ4n) is 3.99. The first-order valence-electron chi connectivity index (χ1n) is 10.1. The summed E-state index contributed by atoms with van der Waals surface area (Å²) in [6.45, 7) is 3.54. The third-order valence-corrected chi connectivity index (χ3v) is 6.25. The van der Waals surface area contributed by atoms with Gasteiger partial charge in [0.05, 0.1) is 11.9 Å². The summed E-state index contributed by atoms with van der Waals surface area (Å²) in [6.07, 6.45) is 6.91. The molecule has 0 saturated heterocycles. The minimum Gasteiger partial charge on any atom is -0.472 e. The Morgan fingerprint density at radius 3 is 2.50 bits per heavy atom. The van der Waals surface area contributed by atoms with Crippen LogP contribution in [0, 0.1) is 0 Å². The van der Waals surface area contributed by atoms with Crippen molar-refractivity contribution in [3.63, 3.8) is 0 Å². The standard InChI is InChI=1S/C21H26N4O4S/c1-21(2)19(26)25(16-6-4-5-7-16)18-17(29-21)12-22-20(24-18)23-15-10-8-14(9-11-15)13-30(3,27)28/h8-12,16H,4-7,13H2,1-3H3,(H,22,23,24). The van der Waals surface area contributed by atoms with Crippen LogP contribution in [0.1, 0.15) is 45.1 Å². The smallest absolute Gasteiger partial charge is 0.272 e. The van der Waals surface area contributed by atoms with Crippen molar-refractivity contribution in [2.75, 3.05) is 16.5 Å². The Hall–Kier alpha value is -2.68. The third-order valence-electron chi connectivity index (χ3n) is 5.39. The third kappa shape index (κ3) is 4.26. The van der Waals surface area contributed by atoms with Gasteiger partial charge >= 0.3 is 0 Å². The molecule has 9 heteroatoms. The zero-order valence-electron chi connectivity index (χ0n) is 17.4. The van der Waals surface area contributed by atoms with E-state index >= 15 is 0 Å². The van der Waals surface area contributed by atoms with Crippen molar-refractivity contribution in [2.45, 2.75) is 56.9 Å². The minimum absolute atomic E-state index is 0.00574. The Bertz CT molecular complexity index is 1060. The summed E-state index contributed by atoms with van der Waals surface area (Å²) in [5.41, 5.74) is 0.481. The van der Waals surface area contributed by atoms with Crippen LogP contribution in [0.5, 0.6) is 5.75 Å². The number of rotatable bonds is 5. The molecule has 1 fully saturated rings. The average Bonchev–Trinajstić information content (AvgIpc) is 3.18. The van der Waals surface area contributed by atoms with Crippen LogP contribution < -0.4 is 15.0 Å². The number of nitrogens with one attached hydrogen (secondary N) is 1. The van der Waals surface area contributed by atoms with Crippen LogP contribution in [0.3, 0.4) is 0 Å². The lowest BCUT2D eigenvalue weighted by atomic mass is 10.0. The molecule has 1 aromatic carbocycles. The summed E-state index contributed by atoms with van der Waals surface area (Å²) >= 11 is 0. The van der Waals surface area contributed by atoms with Crippen LogP contribution in [0.4, 0.5) is 17.5 Å². The maximum absolute atomic E-state index is 13.1.